The standard InChI is InChI=1S/C10H15N3O2/c1-8-10(12-6-5-11-8)13(2)7-3-4-9(14)15/h5-6H,3-4,7H2,1-2H3,(H,14,15). The molecule has 5 heteroatoms. The topological polar surface area (TPSA) is 66.3 Å². The number of rotatable bonds is 5. The van der Waals surface area contributed by atoms with Gasteiger partial charge in [0.1, 0.15) is 5.82 Å². The molecule has 5 nitrogen and oxygen atoms in total. The van der Waals surface area contributed by atoms with E-state index in [-0.39, 0.29) is 6.42 Å². The molecule has 0 aliphatic rings. The summed E-state index contributed by atoms with van der Waals surface area (Å²) in [6.45, 7) is 2.56. The van der Waals surface area contributed by atoms with Crippen molar-refractivity contribution in [3.63, 3.8) is 0 Å². The van der Waals surface area contributed by atoms with Crippen LogP contribution in [0.15, 0.2) is 12.4 Å². The average molecular weight is 209 g/mol. The van der Waals surface area contributed by atoms with Crippen LogP contribution in [-0.2, 0) is 4.79 Å². The van der Waals surface area contributed by atoms with E-state index < -0.39 is 5.97 Å². The first-order valence-electron chi connectivity index (χ1n) is 4.82. The molecule has 15 heavy (non-hydrogen) atoms. The van der Waals surface area contributed by atoms with E-state index in [1.807, 2.05) is 18.9 Å². The maximum Gasteiger partial charge on any atom is 0.303 e. The largest absolute Gasteiger partial charge is 0.481 e. The molecular weight excluding hydrogens is 194 g/mol. The Morgan fingerprint density at radius 3 is 2.73 bits per heavy atom. The van der Waals surface area contributed by atoms with Gasteiger partial charge in [0.25, 0.3) is 0 Å². The minimum atomic E-state index is -0.765. The van der Waals surface area contributed by atoms with Gasteiger partial charge in [-0.15, -0.1) is 0 Å². The number of aryl methyl sites for hydroxylation is 1. The lowest BCUT2D eigenvalue weighted by atomic mass is 10.3. The van der Waals surface area contributed by atoms with E-state index in [2.05, 4.69) is 9.97 Å². The van der Waals surface area contributed by atoms with Crippen molar-refractivity contribution in [3.05, 3.63) is 18.1 Å². The van der Waals surface area contributed by atoms with Gasteiger partial charge in [-0.3, -0.25) is 9.78 Å². The fourth-order valence-electron chi connectivity index (χ4n) is 1.35. The van der Waals surface area contributed by atoms with Gasteiger partial charge in [-0.1, -0.05) is 0 Å². The quantitative estimate of drug-likeness (QED) is 0.786. The second-order valence-electron chi connectivity index (χ2n) is 3.38. The number of carbonyl (C=O) groups is 1. The summed E-state index contributed by atoms with van der Waals surface area (Å²) >= 11 is 0. The van der Waals surface area contributed by atoms with Crippen molar-refractivity contribution in [3.8, 4) is 0 Å². The molecule has 0 bridgehead atoms. The summed E-state index contributed by atoms with van der Waals surface area (Å²) in [5.74, 6) is 0.0437. The molecule has 82 valence electrons. The predicted octanol–water partition coefficient (Wildman–Crippen LogP) is 1.09. The van der Waals surface area contributed by atoms with Crippen LogP contribution in [0.4, 0.5) is 5.82 Å². The fraction of sp³-hybridized carbons (Fsp3) is 0.500. The van der Waals surface area contributed by atoms with Gasteiger partial charge in [0, 0.05) is 32.4 Å². The van der Waals surface area contributed by atoms with Crippen molar-refractivity contribution in [2.24, 2.45) is 0 Å². The third-order valence-electron chi connectivity index (χ3n) is 2.10. The Balaban J connectivity index is 2.50. The summed E-state index contributed by atoms with van der Waals surface area (Å²) in [7, 11) is 1.89. The highest BCUT2D eigenvalue weighted by molar-refractivity contribution is 5.66. The molecule has 0 unspecified atom stereocenters. The van der Waals surface area contributed by atoms with Crippen LogP contribution in [0.3, 0.4) is 0 Å². The molecule has 1 N–H and O–H groups in total. The number of hydrogen-bond acceptors (Lipinski definition) is 4. The monoisotopic (exact) mass is 209 g/mol. The van der Waals surface area contributed by atoms with E-state index in [4.69, 9.17) is 5.11 Å². The summed E-state index contributed by atoms with van der Waals surface area (Å²) < 4.78 is 0. The van der Waals surface area contributed by atoms with Crippen LogP contribution in [0.25, 0.3) is 0 Å². The SMILES string of the molecule is Cc1nccnc1N(C)CCCC(=O)O. The average Bonchev–Trinajstić information content (AvgIpc) is 2.17. The molecule has 0 aliphatic heterocycles. The van der Waals surface area contributed by atoms with Crippen LogP contribution in [0.2, 0.25) is 0 Å². The van der Waals surface area contributed by atoms with Crippen molar-refractivity contribution in [1.82, 2.24) is 9.97 Å². The first-order valence-corrected chi connectivity index (χ1v) is 4.82. The summed E-state index contributed by atoms with van der Waals surface area (Å²) in [4.78, 5) is 20.6. The summed E-state index contributed by atoms with van der Waals surface area (Å²) in [5.41, 5.74) is 0.857. The molecule has 0 aromatic carbocycles. The van der Waals surface area contributed by atoms with Gasteiger partial charge in [-0.2, -0.15) is 0 Å². The Morgan fingerprint density at radius 1 is 1.47 bits per heavy atom. The third-order valence-corrected chi connectivity index (χ3v) is 2.10. The van der Waals surface area contributed by atoms with Crippen LogP contribution in [0.1, 0.15) is 18.5 Å². The maximum atomic E-state index is 10.3. The number of nitrogens with zero attached hydrogens (tertiary/aromatic N) is 3. The van der Waals surface area contributed by atoms with Crippen LogP contribution in [-0.4, -0.2) is 34.6 Å². The lowest BCUT2D eigenvalue weighted by molar-refractivity contribution is -0.137. The second kappa shape index (κ2) is 5.29. The Hall–Kier alpha value is -1.65. The molecule has 1 aromatic heterocycles. The normalized spacial score (nSPS) is 10.0. The van der Waals surface area contributed by atoms with Crippen LogP contribution >= 0.6 is 0 Å². The Morgan fingerprint density at radius 2 is 2.13 bits per heavy atom. The number of aliphatic carboxylic acids is 1. The summed E-state index contributed by atoms with van der Waals surface area (Å²) in [6, 6.07) is 0. The van der Waals surface area contributed by atoms with Gasteiger partial charge < -0.3 is 10.0 Å². The van der Waals surface area contributed by atoms with E-state index >= 15 is 0 Å². The zero-order valence-corrected chi connectivity index (χ0v) is 8.97. The zero-order valence-electron chi connectivity index (χ0n) is 8.97. The van der Waals surface area contributed by atoms with Crippen LogP contribution in [0, 0.1) is 6.92 Å². The molecule has 0 radical (unpaired) electrons. The van der Waals surface area contributed by atoms with E-state index in [1.165, 1.54) is 0 Å². The van der Waals surface area contributed by atoms with E-state index in [9.17, 15) is 4.79 Å². The number of carboxylic acid groups (broad SMARTS) is 1. The molecule has 0 saturated carbocycles. The maximum absolute atomic E-state index is 10.3. The van der Waals surface area contributed by atoms with Crippen LogP contribution in [0.5, 0.6) is 0 Å². The van der Waals surface area contributed by atoms with E-state index in [0.717, 1.165) is 11.5 Å². The van der Waals surface area contributed by atoms with Crippen molar-refractivity contribution < 1.29 is 9.90 Å². The number of hydrogen-bond donors (Lipinski definition) is 1. The number of carboxylic acids is 1. The molecule has 0 amide bonds. The Bertz CT molecular complexity index is 341. The molecule has 0 aliphatic carbocycles. The first-order chi connectivity index (χ1) is 7.11. The zero-order chi connectivity index (χ0) is 11.3. The third kappa shape index (κ3) is 3.53. The van der Waals surface area contributed by atoms with Gasteiger partial charge in [-0.25, -0.2) is 4.98 Å². The highest BCUT2D eigenvalue weighted by Crippen LogP contribution is 2.11. The lowest BCUT2D eigenvalue weighted by Gasteiger charge is -2.18. The molecule has 0 atom stereocenters. The smallest absolute Gasteiger partial charge is 0.303 e. The van der Waals surface area contributed by atoms with Gasteiger partial charge in [-0.05, 0) is 13.3 Å². The van der Waals surface area contributed by atoms with Crippen LogP contribution < -0.4 is 4.90 Å². The molecule has 0 saturated heterocycles. The minimum Gasteiger partial charge on any atom is -0.481 e. The van der Waals surface area contributed by atoms with Gasteiger partial charge in [0.05, 0.1) is 5.69 Å². The molecular formula is C10H15N3O2. The molecule has 0 spiro atoms. The van der Waals surface area contributed by atoms with Gasteiger partial charge in [0.2, 0.25) is 0 Å². The van der Waals surface area contributed by atoms with Crippen molar-refractivity contribution in [2.75, 3.05) is 18.5 Å². The highest BCUT2D eigenvalue weighted by Gasteiger charge is 2.06. The fourth-order valence-corrected chi connectivity index (χ4v) is 1.35. The van der Waals surface area contributed by atoms with Gasteiger partial charge in [0.15, 0.2) is 0 Å². The Labute approximate surface area is 88.8 Å². The van der Waals surface area contributed by atoms with Crippen molar-refractivity contribution in [1.29, 1.82) is 0 Å². The summed E-state index contributed by atoms with van der Waals surface area (Å²) in [6.07, 6.45) is 4.07. The highest BCUT2D eigenvalue weighted by atomic mass is 16.4. The minimum absolute atomic E-state index is 0.184. The second-order valence-corrected chi connectivity index (χ2v) is 3.38. The van der Waals surface area contributed by atoms with Crippen molar-refractivity contribution in [2.45, 2.75) is 19.8 Å². The van der Waals surface area contributed by atoms with E-state index in [0.29, 0.717) is 13.0 Å². The molecule has 1 aromatic rings. The number of anilines is 1. The molecule has 1 heterocycles. The predicted molar refractivity (Wildman–Crippen MR) is 56.9 cm³/mol. The van der Waals surface area contributed by atoms with Crippen molar-refractivity contribution >= 4 is 11.8 Å². The lowest BCUT2D eigenvalue weighted by Crippen LogP contribution is -2.21. The van der Waals surface area contributed by atoms with E-state index in [1.54, 1.807) is 12.4 Å². The molecule has 1 rings (SSSR count). The van der Waals surface area contributed by atoms with Gasteiger partial charge >= 0.3 is 5.97 Å². The number of aromatic nitrogens is 2. The summed E-state index contributed by atoms with van der Waals surface area (Å²) in [5, 5.41) is 8.51. The molecule has 0 fully saturated rings. The first kappa shape index (κ1) is 11.4. The Kier molecular flexibility index (Phi) is 4.03.